The summed E-state index contributed by atoms with van der Waals surface area (Å²) in [5, 5.41) is 4.13. The molecule has 2 N–H and O–H groups in total. The fourth-order valence-electron chi connectivity index (χ4n) is 3.54. The molecule has 2 aromatic heterocycles. The second-order valence-corrected chi connectivity index (χ2v) is 7.00. The van der Waals surface area contributed by atoms with Gasteiger partial charge < -0.3 is 14.7 Å². The van der Waals surface area contributed by atoms with Crippen LogP contribution in [-0.4, -0.2) is 15.9 Å². The SMILES string of the molecule is CC(NC(=O)[C@H]1C[C@@H]1c1nc2ccccc2[nH]1)c1cc2ccccc2o1. The second-order valence-electron chi connectivity index (χ2n) is 7.00. The molecule has 5 heteroatoms. The van der Waals surface area contributed by atoms with Gasteiger partial charge in [-0.2, -0.15) is 0 Å². The number of amides is 1. The number of carbonyl (C=O) groups excluding carboxylic acids is 1. The molecule has 130 valence electrons. The predicted octanol–water partition coefficient (Wildman–Crippen LogP) is 4.29. The summed E-state index contributed by atoms with van der Waals surface area (Å²) in [5.74, 6) is 1.89. The van der Waals surface area contributed by atoms with Crippen LogP contribution < -0.4 is 5.32 Å². The van der Waals surface area contributed by atoms with Crippen LogP contribution >= 0.6 is 0 Å². The Balaban J connectivity index is 1.28. The molecule has 1 amide bonds. The van der Waals surface area contributed by atoms with E-state index in [1.807, 2.05) is 61.5 Å². The number of nitrogens with one attached hydrogen (secondary N) is 2. The Morgan fingerprint density at radius 3 is 2.88 bits per heavy atom. The van der Waals surface area contributed by atoms with Gasteiger partial charge in [-0.25, -0.2) is 4.98 Å². The van der Waals surface area contributed by atoms with Crippen LogP contribution in [0.2, 0.25) is 0 Å². The predicted molar refractivity (Wildman–Crippen MR) is 99.7 cm³/mol. The number of hydrogen-bond acceptors (Lipinski definition) is 3. The van der Waals surface area contributed by atoms with Gasteiger partial charge in [-0.1, -0.05) is 30.3 Å². The zero-order valence-corrected chi connectivity index (χ0v) is 14.4. The Labute approximate surface area is 150 Å². The number of carbonyl (C=O) groups is 1. The summed E-state index contributed by atoms with van der Waals surface area (Å²) in [6, 6.07) is 17.6. The van der Waals surface area contributed by atoms with Gasteiger partial charge in [-0.05, 0) is 37.6 Å². The Bertz CT molecular complexity index is 1040. The molecule has 1 aliphatic rings. The summed E-state index contributed by atoms with van der Waals surface area (Å²) in [6.45, 7) is 1.95. The Morgan fingerprint density at radius 1 is 1.23 bits per heavy atom. The highest BCUT2D eigenvalue weighted by Crippen LogP contribution is 2.47. The van der Waals surface area contributed by atoms with Gasteiger partial charge in [-0.3, -0.25) is 4.79 Å². The molecule has 0 aliphatic heterocycles. The summed E-state index contributed by atoms with van der Waals surface area (Å²) >= 11 is 0. The molecular formula is C21H19N3O2. The molecule has 1 fully saturated rings. The number of rotatable bonds is 4. The largest absolute Gasteiger partial charge is 0.459 e. The standard InChI is InChI=1S/C21H19N3O2/c1-12(19-10-13-6-2-5-9-18(13)26-19)22-21(25)15-11-14(15)20-23-16-7-3-4-8-17(16)24-20/h2-10,12,14-15H,11H2,1H3,(H,22,25)(H,23,24)/t12?,14-,15-/m0/s1. The van der Waals surface area contributed by atoms with E-state index in [4.69, 9.17) is 4.42 Å². The topological polar surface area (TPSA) is 70.9 Å². The second kappa shape index (κ2) is 5.73. The number of aromatic nitrogens is 2. The van der Waals surface area contributed by atoms with Crippen molar-refractivity contribution in [2.24, 2.45) is 5.92 Å². The smallest absolute Gasteiger partial charge is 0.224 e. The van der Waals surface area contributed by atoms with E-state index in [2.05, 4.69) is 15.3 Å². The third-order valence-corrected chi connectivity index (χ3v) is 5.12. The first-order chi connectivity index (χ1) is 12.7. The van der Waals surface area contributed by atoms with E-state index in [1.54, 1.807) is 0 Å². The third-order valence-electron chi connectivity index (χ3n) is 5.12. The van der Waals surface area contributed by atoms with Gasteiger partial charge in [0.1, 0.15) is 17.2 Å². The quantitative estimate of drug-likeness (QED) is 0.579. The molecule has 5 rings (SSSR count). The van der Waals surface area contributed by atoms with Gasteiger partial charge in [0.15, 0.2) is 0 Å². The zero-order chi connectivity index (χ0) is 17.7. The fraction of sp³-hybridized carbons (Fsp3) is 0.238. The summed E-state index contributed by atoms with van der Waals surface area (Å²) in [6.07, 6.45) is 0.832. The zero-order valence-electron chi connectivity index (χ0n) is 14.4. The molecule has 1 aliphatic carbocycles. The van der Waals surface area contributed by atoms with Gasteiger partial charge >= 0.3 is 0 Å². The molecule has 1 unspecified atom stereocenters. The van der Waals surface area contributed by atoms with Crippen LogP contribution in [0.25, 0.3) is 22.0 Å². The summed E-state index contributed by atoms with van der Waals surface area (Å²) in [5.41, 5.74) is 2.81. The van der Waals surface area contributed by atoms with E-state index in [0.29, 0.717) is 0 Å². The number of aromatic amines is 1. The highest BCUT2D eigenvalue weighted by Gasteiger charge is 2.46. The molecular weight excluding hydrogens is 326 g/mol. The Morgan fingerprint density at radius 2 is 2.04 bits per heavy atom. The number of para-hydroxylation sites is 3. The van der Waals surface area contributed by atoms with Crippen LogP contribution in [0.4, 0.5) is 0 Å². The third kappa shape index (κ3) is 2.56. The number of fused-ring (bicyclic) bond motifs is 2. The van der Waals surface area contributed by atoms with Gasteiger partial charge in [-0.15, -0.1) is 0 Å². The maximum Gasteiger partial charge on any atom is 0.224 e. The van der Waals surface area contributed by atoms with Crippen molar-refractivity contribution >= 4 is 27.9 Å². The van der Waals surface area contributed by atoms with Gasteiger partial charge in [0, 0.05) is 17.2 Å². The molecule has 3 atom stereocenters. The maximum atomic E-state index is 12.6. The van der Waals surface area contributed by atoms with Gasteiger partial charge in [0.2, 0.25) is 5.91 Å². The molecule has 0 saturated heterocycles. The number of nitrogens with zero attached hydrogens (tertiary/aromatic N) is 1. The van der Waals surface area contributed by atoms with Crippen molar-refractivity contribution in [2.45, 2.75) is 25.3 Å². The van der Waals surface area contributed by atoms with Crippen molar-refractivity contribution in [2.75, 3.05) is 0 Å². The molecule has 26 heavy (non-hydrogen) atoms. The van der Waals surface area contributed by atoms with E-state index >= 15 is 0 Å². The summed E-state index contributed by atoms with van der Waals surface area (Å²) in [4.78, 5) is 20.6. The molecule has 1 saturated carbocycles. The first-order valence-electron chi connectivity index (χ1n) is 8.92. The van der Waals surface area contributed by atoms with Crippen LogP contribution in [0.1, 0.15) is 36.9 Å². The van der Waals surface area contributed by atoms with Crippen molar-refractivity contribution in [1.82, 2.24) is 15.3 Å². The van der Waals surface area contributed by atoms with E-state index < -0.39 is 0 Å². The number of furan rings is 1. The van der Waals surface area contributed by atoms with Crippen molar-refractivity contribution in [3.63, 3.8) is 0 Å². The average molecular weight is 345 g/mol. The lowest BCUT2D eigenvalue weighted by molar-refractivity contribution is -0.123. The molecule has 4 aromatic rings. The van der Waals surface area contributed by atoms with Gasteiger partial charge in [0.05, 0.1) is 17.1 Å². The molecule has 0 radical (unpaired) electrons. The maximum absolute atomic E-state index is 12.6. The average Bonchev–Trinajstić information content (AvgIpc) is 3.14. The van der Waals surface area contributed by atoms with Crippen LogP contribution in [0.5, 0.6) is 0 Å². The van der Waals surface area contributed by atoms with Crippen LogP contribution in [0, 0.1) is 5.92 Å². The van der Waals surface area contributed by atoms with Crippen molar-refractivity contribution in [3.05, 3.63) is 66.2 Å². The lowest BCUT2D eigenvalue weighted by Gasteiger charge is -2.11. The molecule has 2 aromatic carbocycles. The van der Waals surface area contributed by atoms with Crippen molar-refractivity contribution < 1.29 is 9.21 Å². The van der Waals surface area contributed by atoms with Crippen molar-refractivity contribution in [1.29, 1.82) is 0 Å². The summed E-state index contributed by atoms with van der Waals surface area (Å²) < 4.78 is 5.85. The van der Waals surface area contributed by atoms with Gasteiger partial charge in [0.25, 0.3) is 0 Å². The summed E-state index contributed by atoms with van der Waals surface area (Å²) in [7, 11) is 0. The van der Waals surface area contributed by atoms with E-state index in [0.717, 1.165) is 40.0 Å². The minimum Gasteiger partial charge on any atom is -0.459 e. The first-order valence-corrected chi connectivity index (χ1v) is 8.92. The minimum atomic E-state index is -0.160. The highest BCUT2D eigenvalue weighted by atomic mass is 16.3. The Kier molecular flexibility index (Phi) is 3.35. The number of hydrogen-bond donors (Lipinski definition) is 2. The van der Waals surface area contributed by atoms with E-state index in [-0.39, 0.29) is 23.8 Å². The van der Waals surface area contributed by atoms with Crippen molar-refractivity contribution in [3.8, 4) is 0 Å². The highest BCUT2D eigenvalue weighted by molar-refractivity contribution is 5.84. The lowest BCUT2D eigenvalue weighted by atomic mass is 10.2. The first kappa shape index (κ1) is 15.2. The molecule has 2 heterocycles. The molecule has 0 bridgehead atoms. The Hall–Kier alpha value is -3.08. The molecule has 0 spiro atoms. The van der Waals surface area contributed by atoms with E-state index in [1.165, 1.54) is 0 Å². The van der Waals surface area contributed by atoms with Crippen LogP contribution in [0.3, 0.4) is 0 Å². The normalized spacial score (nSPS) is 20.3. The minimum absolute atomic E-state index is 0.0256. The fourth-order valence-corrected chi connectivity index (χ4v) is 3.54. The van der Waals surface area contributed by atoms with Crippen LogP contribution in [0.15, 0.2) is 59.0 Å². The van der Waals surface area contributed by atoms with E-state index in [9.17, 15) is 4.79 Å². The number of H-pyrrole nitrogens is 1. The van der Waals surface area contributed by atoms with Crippen LogP contribution in [-0.2, 0) is 4.79 Å². The monoisotopic (exact) mass is 345 g/mol. The molecule has 5 nitrogen and oxygen atoms in total. The number of imidazole rings is 1. The lowest BCUT2D eigenvalue weighted by Crippen LogP contribution is -2.28. The number of benzene rings is 2.